The van der Waals surface area contributed by atoms with Gasteiger partial charge in [-0.05, 0) is 57.3 Å². The van der Waals surface area contributed by atoms with E-state index in [0.717, 1.165) is 28.0 Å². The van der Waals surface area contributed by atoms with E-state index in [2.05, 4.69) is 168 Å². The first-order valence-corrected chi connectivity index (χ1v) is 16.3. The Balaban J connectivity index is 1.32. The topological polar surface area (TPSA) is 14.2 Å². The predicted octanol–water partition coefficient (Wildman–Crippen LogP) is 11.6. The van der Waals surface area contributed by atoms with Crippen molar-refractivity contribution in [3.63, 3.8) is 0 Å². The normalized spacial score (nSPS) is 13.9. The SMILES string of the molecule is c1ccc2c(c1)-c1ccc(-n3c4ccccc4c4ccccc43)cc1C21c2ccc3ccccc3c2Oc2c1ccc1ccccc21. The van der Waals surface area contributed by atoms with Crippen LogP contribution in [0.15, 0.2) is 164 Å². The van der Waals surface area contributed by atoms with Crippen LogP contribution >= 0.6 is 0 Å². The summed E-state index contributed by atoms with van der Waals surface area (Å²) in [5, 5.41) is 7.15. The summed E-state index contributed by atoms with van der Waals surface area (Å²) in [5.41, 5.74) is 10.5. The molecule has 11 rings (SSSR count). The van der Waals surface area contributed by atoms with Gasteiger partial charge in [0.15, 0.2) is 0 Å². The molecule has 47 heavy (non-hydrogen) atoms. The monoisotopic (exact) mass is 597 g/mol. The van der Waals surface area contributed by atoms with Crippen molar-refractivity contribution in [2.24, 2.45) is 0 Å². The molecule has 9 aromatic rings. The first-order valence-electron chi connectivity index (χ1n) is 16.3. The first kappa shape index (κ1) is 25.1. The van der Waals surface area contributed by atoms with E-state index in [1.54, 1.807) is 0 Å². The molecular weight excluding hydrogens is 571 g/mol. The lowest BCUT2D eigenvalue weighted by atomic mass is 9.65. The van der Waals surface area contributed by atoms with Gasteiger partial charge < -0.3 is 9.30 Å². The molecule has 0 bridgehead atoms. The van der Waals surface area contributed by atoms with E-state index in [0.29, 0.717) is 0 Å². The molecule has 0 amide bonds. The summed E-state index contributed by atoms with van der Waals surface area (Å²) in [7, 11) is 0. The molecule has 8 aromatic carbocycles. The van der Waals surface area contributed by atoms with Crippen LogP contribution in [-0.2, 0) is 5.41 Å². The smallest absolute Gasteiger partial charge is 0.140 e. The Bertz CT molecular complexity index is 2650. The van der Waals surface area contributed by atoms with Gasteiger partial charge in [0.05, 0.1) is 16.4 Å². The average molecular weight is 598 g/mol. The summed E-state index contributed by atoms with van der Waals surface area (Å²) in [6, 6.07) is 60.0. The third kappa shape index (κ3) is 3.10. The van der Waals surface area contributed by atoms with E-state index in [-0.39, 0.29) is 0 Å². The molecule has 0 saturated carbocycles. The van der Waals surface area contributed by atoms with E-state index in [4.69, 9.17) is 4.74 Å². The molecule has 0 radical (unpaired) electrons. The van der Waals surface area contributed by atoms with Crippen molar-refractivity contribution in [1.29, 1.82) is 0 Å². The minimum absolute atomic E-state index is 0.572. The van der Waals surface area contributed by atoms with Crippen LogP contribution in [0, 0.1) is 0 Å². The Morgan fingerprint density at radius 2 is 0.894 bits per heavy atom. The number of aromatic nitrogens is 1. The van der Waals surface area contributed by atoms with E-state index in [1.165, 1.54) is 66.0 Å². The fraction of sp³-hybridized carbons (Fsp3) is 0.0222. The lowest BCUT2D eigenvalue weighted by Crippen LogP contribution is -2.32. The summed E-state index contributed by atoms with van der Waals surface area (Å²) in [6.07, 6.45) is 0. The van der Waals surface area contributed by atoms with Crippen molar-refractivity contribution >= 4 is 43.4 Å². The van der Waals surface area contributed by atoms with Gasteiger partial charge in [-0.3, -0.25) is 0 Å². The Labute approximate surface area is 271 Å². The molecule has 2 heteroatoms. The zero-order chi connectivity index (χ0) is 30.7. The van der Waals surface area contributed by atoms with Gasteiger partial charge in [0.25, 0.3) is 0 Å². The van der Waals surface area contributed by atoms with Crippen molar-refractivity contribution < 1.29 is 4.74 Å². The second kappa shape index (κ2) is 8.99. The zero-order valence-electron chi connectivity index (χ0n) is 25.4. The second-order valence-electron chi connectivity index (χ2n) is 12.8. The maximum Gasteiger partial charge on any atom is 0.140 e. The lowest BCUT2D eigenvalue weighted by molar-refractivity contribution is 0.447. The number of benzene rings is 8. The second-order valence-corrected chi connectivity index (χ2v) is 12.8. The number of rotatable bonds is 1. The van der Waals surface area contributed by atoms with Crippen LogP contribution in [0.25, 0.3) is 60.2 Å². The molecule has 0 fully saturated rings. The van der Waals surface area contributed by atoms with Crippen LogP contribution in [0.4, 0.5) is 0 Å². The predicted molar refractivity (Wildman–Crippen MR) is 193 cm³/mol. The molecule has 0 N–H and O–H groups in total. The third-order valence-corrected chi connectivity index (χ3v) is 10.6. The standard InChI is InChI=1S/C45H27NO/c1-3-13-31-28(11-1)21-25-38-43(31)47-44-32-14-4-2-12-29(32)22-26-39(44)45(38)37-18-8-5-15-33(37)34-24-23-30(27-40(34)45)46-41-19-9-6-16-35(41)36-17-7-10-20-42(36)46/h1-27H. The fourth-order valence-corrected chi connectivity index (χ4v) is 8.73. The van der Waals surface area contributed by atoms with E-state index >= 15 is 0 Å². The molecule has 0 atom stereocenters. The average Bonchev–Trinajstić information content (AvgIpc) is 3.62. The molecule has 2 heterocycles. The van der Waals surface area contributed by atoms with Gasteiger partial charge in [-0.15, -0.1) is 0 Å². The highest BCUT2D eigenvalue weighted by molar-refractivity contribution is 6.09. The number of hydrogen-bond acceptors (Lipinski definition) is 1. The summed E-state index contributed by atoms with van der Waals surface area (Å²) < 4.78 is 9.57. The Morgan fingerprint density at radius 1 is 0.383 bits per heavy atom. The van der Waals surface area contributed by atoms with Crippen molar-refractivity contribution in [2.45, 2.75) is 5.41 Å². The Kier molecular flexibility index (Phi) is 4.80. The van der Waals surface area contributed by atoms with Crippen LogP contribution in [0.3, 0.4) is 0 Å². The molecule has 1 spiro atoms. The molecule has 0 unspecified atom stereocenters. The van der Waals surface area contributed by atoms with Gasteiger partial charge in [-0.1, -0.05) is 140 Å². The van der Waals surface area contributed by atoms with Gasteiger partial charge in [-0.2, -0.15) is 0 Å². The van der Waals surface area contributed by atoms with Crippen molar-refractivity contribution in [2.75, 3.05) is 0 Å². The van der Waals surface area contributed by atoms with Gasteiger partial charge in [0.2, 0.25) is 0 Å². The number of para-hydroxylation sites is 2. The van der Waals surface area contributed by atoms with E-state index in [1.807, 2.05) is 0 Å². The zero-order valence-corrected chi connectivity index (χ0v) is 25.4. The minimum atomic E-state index is -0.572. The lowest BCUT2D eigenvalue weighted by Gasteiger charge is -2.40. The van der Waals surface area contributed by atoms with Crippen molar-refractivity contribution in [1.82, 2.24) is 4.57 Å². The van der Waals surface area contributed by atoms with Crippen LogP contribution in [0.2, 0.25) is 0 Å². The highest BCUT2D eigenvalue weighted by Gasteiger charge is 2.52. The maximum atomic E-state index is 7.13. The van der Waals surface area contributed by atoms with Crippen LogP contribution in [-0.4, -0.2) is 4.57 Å². The first-order chi connectivity index (χ1) is 23.3. The number of nitrogens with zero attached hydrogens (tertiary/aromatic N) is 1. The Morgan fingerprint density at radius 3 is 1.53 bits per heavy atom. The van der Waals surface area contributed by atoms with Gasteiger partial charge in [0.1, 0.15) is 11.5 Å². The summed E-state index contributed by atoms with van der Waals surface area (Å²) in [4.78, 5) is 0. The minimum Gasteiger partial charge on any atom is -0.455 e. The highest BCUT2D eigenvalue weighted by Crippen LogP contribution is 2.64. The molecule has 1 aliphatic carbocycles. The molecular formula is C45H27NO. The largest absolute Gasteiger partial charge is 0.455 e. The molecule has 1 aromatic heterocycles. The highest BCUT2D eigenvalue weighted by atomic mass is 16.5. The molecule has 2 nitrogen and oxygen atoms in total. The molecule has 0 saturated heterocycles. The number of hydrogen-bond donors (Lipinski definition) is 0. The number of fused-ring (bicyclic) bond motifs is 16. The summed E-state index contributed by atoms with van der Waals surface area (Å²) in [6.45, 7) is 0. The summed E-state index contributed by atoms with van der Waals surface area (Å²) in [5.74, 6) is 1.88. The van der Waals surface area contributed by atoms with Gasteiger partial charge in [0, 0.05) is 38.4 Å². The molecule has 2 aliphatic rings. The molecule has 218 valence electrons. The van der Waals surface area contributed by atoms with Gasteiger partial charge >= 0.3 is 0 Å². The Hall–Kier alpha value is -6.12. The van der Waals surface area contributed by atoms with Crippen LogP contribution in [0.5, 0.6) is 11.5 Å². The van der Waals surface area contributed by atoms with E-state index < -0.39 is 5.41 Å². The fourth-order valence-electron chi connectivity index (χ4n) is 8.73. The molecule has 1 aliphatic heterocycles. The quantitative estimate of drug-likeness (QED) is 0.184. The van der Waals surface area contributed by atoms with Gasteiger partial charge in [-0.25, -0.2) is 0 Å². The van der Waals surface area contributed by atoms with Crippen molar-refractivity contribution in [3.8, 4) is 28.3 Å². The van der Waals surface area contributed by atoms with Crippen molar-refractivity contribution in [3.05, 3.63) is 186 Å². The third-order valence-electron chi connectivity index (χ3n) is 10.6. The van der Waals surface area contributed by atoms with E-state index in [9.17, 15) is 0 Å². The summed E-state index contributed by atoms with van der Waals surface area (Å²) >= 11 is 0. The number of ether oxygens (including phenoxy) is 1. The van der Waals surface area contributed by atoms with Crippen LogP contribution in [0.1, 0.15) is 22.3 Å². The van der Waals surface area contributed by atoms with Crippen LogP contribution < -0.4 is 4.74 Å². The maximum absolute atomic E-state index is 7.13.